The number of hydrogen-bond donors (Lipinski definition) is 0. The van der Waals surface area contributed by atoms with Gasteiger partial charge in [0.25, 0.3) is 0 Å². The molecule has 1 heteroatoms. The van der Waals surface area contributed by atoms with Crippen LogP contribution in [0.15, 0.2) is 84.9 Å². The molecule has 30 heavy (non-hydrogen) atoms. The molecule has 4 aromatic carbocycles. The maximum Gasteiger partial charge on any atom is 0.119 e. The number of ether oxygens (including phenoxy) is 1. The van der Waals surface area contributed by atoms with Gasteiger partial charge < -0.3 is 4.74 Å². The molecule has 0 fully saturated rings. The maximum absolute atomic E-state index is 5.72. The van der Waals surface area contributed by atoms with Crippen LogP contribution in [-0.2, 0) is 6.42 Å². The number of fused-ring (bicyclic) bond motifs is 1. The molecule has 0 amide bonds. The SMILES string of the molecule is CCCOc1ccc2cc(C#Cc3ccc(-c4ccc(CC)cc4)cc3)ccc2c1. The average molecular weight is 391 g/mol. The van der Waals surface area contributed by atoms with Crippen molar-refractivity contribution >= 4 is 10.8 Å². The summed E-state index contributed by atoms with van der Waals surface area (Å²) in [7, 11) is 0. The number of hydrogen-bond acceptors (Lipinski definition) is 1. The lowest BCUT2D eigenvalue weighted by Crippen LogP contribution is -1.94. The van der Waals surface area contributed by atoms with Gasteiger partial charge in [0, 0.05) is 11.1 Å². The molecule has 0 bridgehead atoms. The van der Waals surface area contributed by atoms with E-state index in [1.165, 1.54) is 27.5 Å². The molecule has 0 atom stereocenters. The van der Waals surface area contributed by atoms with Crippen LogP contribution in [0.25, 0.3) is 21.9 Å². The van der Waals surface area contributed by atoms with Crippen molar-refractivity contribution in [2.45, 2.75) is 26.7 Å². The van der Waals surface area contributed by atoms with Crippen molar-refractivity contribution in [3.8, 4) is 28.7 Å². The standard InChI is InChI=1S/C29H26O/c1-3-19-30-29-18-17-27-20-24(11-16-28(27)21-29)6-5-23-9-14-26(15-10-23)25-12-7-22(4-2)8-13-25/h7-18,20-21H,3-4,19H2,1-2H3. The van der Waals surface area contributed by atoms with Crippen molar-refractivity contribution in [2.75, 3.05) is 6.61 Å². The third-order valence-electron chi connectivity index (χ3n) is 5.22. The van der Waals surface area contributed by atoms with E-state index in [4.69, 9.17) is 4.74 Å². The minimum absolute atomic E-state index is 0.748. The third kappa shape index (κ3) is 4.73. The van der Waals surface area contributed by atoms with Crippen LogP contribution in [0.4, 0.5) is 0 Å². The molecule has 0 radical (unpaired) electrons. The Labute approximate surface area is 179 Å². The van der Waals surface area contributed by atoms with Gasteiger partial charge in [-0.2, -0.15) is 0 Å². The van der Waals surface area contributed by atoms with E-state index in [1.54, 1.807) is 0 Å². The van der Waals surface area contributed by atoms with Crippen molar-refractivity contribution in [3.63, 3.8) is 0 Å². The zero-order valence-electron chi connectivity index (χ0n) is 17.6. The highest BCUT2D eigenvalue weighted by Crippen LogP contribution is 2.23. The fourth-order valence-electron chi connectivity index (χ4n) is 3.43. The summed E-state index contributed by atoms with van der Waals surface area (Å²) in [5, 5.41) is 2.35. The Kier molecular flexibility index (Phi) is 6.16. The molecular formula is C29H26O. The molecule has 0 N–H and O–H groups in total. The normalized spacial score (nSPS) is 10.5. The van der Waals surface area contributed by atoms with E-state index in [1.807, 2.05) is 6.07 Å². The predicted octanol–water partition coefficient (Wildman–Crippen LogP) is 7.26. The monoisotopic (exact) mass is 390 g/mol. The van der Waals surface area contributed by atoms with Crippen LogP contribution in [0.3, 0.4) is 0 Å². The highest BCUT2D eigenvalue weighted by molar-refractivity contribution is 5.85. The van der Waals surface area contributed by atoms with Gasteiger partial charge in [-0.25, -0.2) is 0 Å². The average Bonchev–Trinajstić information content (AvgIpc) is 2.81. The lowest BCUT2D eigenvalue weighted by Gasteiger charge is -2.06. The minimum Gasteiger partial charge on any atom is -0.494 e. The summed E-state index contributed by atoms with van der Waals surface area (Å²) in [6.07, 6.45) is 2.08. The van der Waals surface area contributed by atoms with Crippen LogP contribution >= 0.6 is 0 Å². The van der Waals surface area contributed by atoms with Gasteiger partial charge in [-0.15, -0.1) is 0 Å². The van der Waals surface area contributed by atoms with Crippen molar-refractivity contribution in [2.24, 2.45) is 0 Å². The lowest BCUT2D eigenvalue weighted by atomic mass is 10.0. The van der Waals surface area contributed by atoms with Gasteiger partial charge in [0.15, 0.2) is 0 Å². The molecule has 0 unspecified atom stereocenters. The second kappa shape index (κ2) is 9.33. The summed E-state index contributed by atoms with van der Waals surface area (Å²) >= 11 is 0. The van der Waals surface area contributed by atoms with Crippen LogP contribution in [0.2, 0.25) is 0 Å². The Bertz CT molecular complexity index is 1190. The van der Waals surface area contributed by atoms with E-state index in [-0.39, 0.29) is 0 Å². The second-order valence-electron chi connectivity index (χ2n) is 7.45. The van der Waals surface area contributed by atoms with E-state index in [0.717, 1.165) is 36.3 Å². The second-order valence-corrected chi connectivity index (χ2v) is 7.45. The van der Waals surface area contributed by atoms with E-state index in [2.05, 4.69) is 105 Å². The lowest BCUT2D eigenvalue weighted by molar-refractivity contribution is 0.318. The Balaban J connectivity index is 1.50. The van der Waals surface area contributed by atoms with Gasteiger partial charge in [-0.05, 0) is 76.7 Å². The molecule has 0 saturated heterocycles. The van der Waals surface area contributed by atoms with Gasteiger partial charge in [0.1, 0.15) is 5.75 Å². The molecule has 148 valence electrons. The molecule has 4 rings (SSSR count). The van der Waals surface area contributed by atoms with E-state index in [0.29, 0.717) is 0 Å². The van der Waals surface area contributed by atoms with Crippen molar-refractivity contribution in [3.05, 3.63) is 102 Å². The van der Waals surface area contributed by atoms with E-state index >= 15 is 0 Å². The smallest absolute Gasteiger partial charge is 0.119 e. The zero-order valence-corrected chi connectivity index (χ0v) is 17.6. The van der Waals surface area contributed by atoms with Gasteiger partial charge in [0.05, 0.1) is 6.61 Å². The summed E-state index contributed by atoms with van der Waals surface area (Å²) < 4.78 is 5.72. The first kappa shape index (κ1) is 19.8. The van der Waals surface area contributed by atoms with Crippen LogP contribution in [0.5, 0.6) is 5.75 Å². The summed E-state index contributed by atoms with van der Waals surface area (Å²) in [4.78, 5) is 0. The maximum atomic E-state index is 5.72. The van der Waals surface area contributed by atoms with Crippen molar-refractivity contribution in [1.82, 2.24) is 0 Å². The molecule has 0 aromatic heterocycles. The Morgan fingerprint density at radius 2 is 1.23 bits per heavy atom. The Morgan fingerprint density at radius 1 is 0.633 bits per heavy atom. The first-order chi connectivity index (χ1) is 14.7. The summed E-state index contributed by atoms with van der Waals surface area (Å²) in [6.45, 7) is 5.04. The van der Waals surface area contributed by atoms with E-state index in [9.17, 15) is 0 Å². The predicted molar refractivity (Wildman–Crippen MR) is 127 cm³/mol. The first-order valence-electron chi connectivity index (χ1n) is 10.6. The molecule has 0 aliphatic rings. The molecular weight excluding hydrogens is 364 g/mol. The molecule has 0 spiro atoms. The molecule has 0 heterocycles. The highest BCUT2D eigenvalue weighted by atomic mass is 16.5. The number of benzene rings is 4. The molecule has 0 aliphatic heterocycles. The fraction of sp³-hybridized carbons (Fsp3) is 0.172. The van der Waals surface area contributed by atoms with Gasteiger partial charge in [-0.1, -0.05) is 74.2 Å². The van der Waals surface area contributed by atoms with Crippen molar-refractivity contribution in [1.29, 1.82) is 0 Å². The van der Waals surface area contributed by atoms with Crippen LogP contribution in [0, 0.1) is 11.8 Å². The molecule has 0 saturated carbocycles. The summed E-state index contributed by atoms with van der Waals surface area (Å²) in [5.41, 5.74) is 5.86. The topological polar surface area (TPSA) is 9.23 Å². The number of rotatable bonds is 5. The van der Waals surface area contributed by atoms with Crippen molar-refractivity contribution < 1.29 is 4.74 Å². The molecule has 0 aliphatic carbocycles. The first-order valence-corrected chi connectivity index (χ1v) is 10.6. The van der Waals surface area contributed by atoms with Gasteiger partial charge >= 0.3 is 0 Å². The largest absolute Gasteiger partial charge is 0.494 e. The van der Waals surface area contributed by atoms with Gasteiger partial charge in [-0.3, -0.25) is 0 Å². The summed E-state index contributed by atoms with van der Waals surface area (Å²) in [6, 6.07) is 29.8. The van der Waals surface area contributed by atoms with Crippen LogP contribution in [0.1, 0.15) is 37.0 Å². The molecule has 4 aromatic rings. The Morgan fingerprint density at radius 3 is 1.93 bits per heavy atom. The highest BCUT2D eigenvalue weighted by Gasteiger charge is 2.00. The van der Waals surface area contributed by atoms with Crippen LogP contribution in [-0.4, -0.2) is 6.61 Å². The number of aryl methyl sites for hydroxylation is 1. The van der Waals surface area contributed by atoms with E-state index < -0.39 is 0 Å². The van der Waals surface area contributed by atoms with Gasteiger partial charge in [0.2, 0.25) is 0 Å². The molecule has 1 nitrogen and oxygen atoms in total. The zero-order chi connectivity index (χ0) is 20.8. The quantitative estimate of drug-likeness (QED) is 0.326. The third-order valence-corrected chi connectivity index (χ3v) is 5.22. The minimum atomic E-state index is 0.748. The van der Waals surface area contributed by atoms with Crippen LogP contribution < -0.4 is 4.74 Å². The fourth-order valence-corrected chi connectivity index (χ4v) is 3.43. The Hall–Kier alpha value is -3.50. The summed E-state index contributed by atoms with van der Waals surface area (Å²) in [5.74, 6) is 7.51.